The Hall–Kier alpha value is -1.61. The minimum Gasteiger partial charge on any atom is -0.281 e. The van der Waals surface area contributed by atoms with Crippen LogP contribution in [0, 0.1) is 0 Å². The Morgan fingerprint density at radius 3 is 2.56 bits per heavy atom. The molecule has 0 spiro atoms. The van der Waals surface area contributed by atoms with Crippen molar-refractivity contribution in [2.75, 3.05) is 0 Å². The van der Waals surface area contributed by atoms with Crippen molar-refractivity contribution in [2.24, 2.45) is 0 Å². The number of hydrogen-bond acceptors (Lipinski definition) is 2. The molecule has 0 fully saturated rings. The number of carbonyl (C=O) groups excluding carboxylic acids is 1. The lowest BCUT2D eigenvalue weighted by atomic mass is 10.0. The van der Waals surface area contributed by atoms with Gasteiger partial charge in [0.2, 0.25) is 5.24 Å². The van der Waals surface area contributed by atoms with Crippen LogP contribution in [0.5, 0.6) is 0 Å². The summed E-state index contributed by atoms with van der Waals surface area (Å²) in [6, 6.07) is 9.88. The van der Waals surface area contributed by atoms with Crippen LogP contribution >= 0.6 is 11.6 Å². The normalized spacial score (nSPS) is 10.9. The average molecular weight is 263 g/mol. The summed E-state index contributed by atoms with van der Waals surface area (Å²) in [5.74, 6) is 0.277. The monoisotopic (exact) mass is 262 g/mol. The first-order valence-corrected chi connectivity index (χ1v) is 6.28. The van der Waals surface area contributed by atoms with E-state index in [4.69, 9.17) is 11.6 Å². The van der Waals surface area contributed by atoms with Crippen molar-refractivity contribution in [3.63, 3.8) is 0 Å². The molecule has 0 saturated carbocycles. The van der Waals surface area contributed by atoms with Crippen molar-refractivity contribution >= 4 is 16.8 Å². The molecule has 0 amide bonds. The second-order valence-corrected chi connectivity index (χ2v) is 4.91. The molecule has 94 valence electrons. The SMILES string of the molecule is CC(C)c1c(CC(=O)Cl)cnn1-c1ccccc1. The molecule has 0 aliphatic heterocycles. The van der Waals surface area contributed by atoms with Gasteiger partial charge in [-0.15, -0.1) is 0 Å². The standard InChI is InChI=1S/C14H15ClN2O/c1-10(2)14-11(8-13(15)18)9-16-17(14)12-6-4-3-5-7-12/h3-7,9-10H,8H2,1-2H3. The van der Waals surface area contributed by atoms with Gasteiger partial charge in [0.1, 0.15) is 0 Å². The fourth-order valence-electron chi connectivity index (χ4n) is 2.07. The minimum absolute atomic E-state index is 0.224. The van der Waals surface area contributed by atoms with Crippen LogP contribution in [0.25, 0.3) is 5.69 Å². The lowest BCUT2D eigenvalue weighted by molar-refractivity contribution is -0.111. The zero-order chi connectivity index (χ0) is 13.1. The van der Waals surface area contributed by atoms with Gasteiger partial charge in [0.15, 0.2) is 0 Å². The molecular weight excluding hydrogens is 248 g/mol. The summed E-state index contributed by atoms with van der Waals surface area (Å²) < 4.78 is 1.87. The van der Waals surface area contributed by atoms with Crippen LogP contribution in [-0.2, 0) is 11.2 Å². The van der Waals surface area contributed by atoms with Gasteiger partial charge >= 0.3 is 0 Å². The fourth-order valence-corrected chi connectivity index (χ4v) is 2.21. The van der Waals surface area contributed by atoms with Crippen molar-refractivity contribution in [1.29, 1.82) is 0 Å². The largest absolute Gasteiger partial charge is 0.281 e. The Morgan fingerprint density at radius 1 is 1.33 bits per heavy atom. The minimum atomic E-state index is -0.357. The Kier molecular flexibility index (Phi) is 3.82. The maximum absolute atomic E-state index is 11.1. The van der Waals surface area contributed by atoms with Crippen LogP contribution in [0.3, 0.4) is 0 Å². The average Bonchev–Trinajstić information content (AvgIpc) is 2.73. The van der Waals surface area contributed by atoms with E-state index in [9.17, 15) is 4.79 Å². The van der Waals surface area contributed by atoms with Gasteiger partial charge < -0.3 is 0 Å². The molecule has 0 N–H and O–H groups in total. The molecule has 3 nitrogen and oxygen atoms in total. The lowest BCUT2D eigenvalue weighted by Crippen LogP contribution is -2.06. The number of nitrogens with zero attached hydrogens (tertiary/aromatic N) is 2. The molecule has 0 unspecified atom stereocenters. The van der Waals surface area contributed by atoms with Gasteiger partial charge in [0, 0.05) is 5.56 Å². The number of hydrogen-bond donors (Lipinski definition) is 0. The van der Waals surface area contributed by atoms with E-state index in [0.29, 0.717) is 0 Å². The highest BCUT2D eigenvalue weighted by atomic mass is 35.5. The summed E-state index contributed by atoms with van der Waals surface area (Å²) in [5.41, 5.74) is 2.93. The van der Waals surface area contributed by atoms with Crippen LogP contribution in [0.2, 0.25) is 0 Å². The van der Waals surface area contributed by atoms with Crippen LogP contribution in [0.15, 0.2) is 36.5 Å². The highest BCUT2D eigenvalue weighted by Crippen LogP contribution is 2.23. The van der Waals surface area contributed by atoms with E-state index in [1.807, 2.05) is 35.0 Å². The van der Waals surface area contributed by atoms with Crippen LogP contribution in [-0.4, -0.2) is 15.0 Å². The molecule has 1 aromatic carbocycles. The van der Waals surface area contributed by atoms with Crippen molar-refractivity contribution in [1.82, 2.24) is 9.78 Å². The number of rotatable bonds is 4. The molecule has 0 saturated heterocycles. The van der Waals surface area contributed by atoms with Gasteiger partial charge in [0.25, 0.3) is 0 Å². The lowest BCUT2D eigenvalue weighted by Gasteiger charge is -2.12. The summed E-state index contributed by atoms with van der Waals surface area (Å²) in [6.45, 7) is 4.16. The van der Waals surface area contributed by atoms with E-state index in [1.165, 1.54) is 0 Å². The Labute approximate surface area is 111 Å². The molecule has 0 aliphatic rings. The van der Waals surface area contributed by atoms with Crippen LogP contribution < -0.4 is 0 Å². The Bertz CT molecular complexity index is 546. The second kappa shape index (κ2) is 5.36. The van der Waals surface area contributed by atoms with Crippen molar-refractivity contribution in [3.05, 3.63) is 47.8 Å². The zero-order valence-electron chi connectivity index (χ0n) is 10.4. The quantitative estimate of drug-likeness (QED) is 0.793. The molecule has 18 heavy (non-hydrogen) atoms. The summed E-state index contributed by atoms with van der Waals surface area (Å²) >= 11 is 5.47. The molecule has 0 atom stereocenters. The van der Waals surface area contributed by atoms with Gasteiger partial charge in [-0.3, -0.25) is 4.79 Å². The Balaban J connectivity index is 2.49. The first-order valence-electron chi connectivity index (χ1n) is 5.90. The van der Waals surface area contributed by atoms with E-state index in [1.54, 1.807) is 6.20 Å². The first-order chi connectivity index (χ1) is 8.59. The van der Waals surface area contributed by atoms with Gasteiger partial charge in [-0.05, 0) is 29.7 Å². The maximum Gasteiger partial charge on any atom is 0.226 e. The van der Waals surface area contributed by atoms with Crippen LogP contribution in [0.4, 0.5) is 0 Å². The number of carbonyl (C=O) groups is 1. The van der Waals surface area contributed by atoms with Gasteiger partial charge in [-0.2, -0.15) is 5.10 Å². The molecule has 0 aliphatic carbocycles. The van der Waals surface area contributed by atoms with Crippen molar-refractivity contribution in [2.45, 2.75) is 26.2 Å². The second-order valence-electron chi connectivity index (χ2n) is 4.49. The van der Waals surface area contributed by atoms with E-state index in [2.05, 4.69) is 18.9 Å². The summed E-state index contributed by atoms with van der Waals surface area (Å²) in [5, 5.41) is 4.01. The van der Waals surface area contributed by atoms with E-state index < -0.39 is 0 Å². The maximum atomic E-state index is 11.1. The molecule has 1 heterocycles. The topological polar surface area (TPSA) is 34.9 Å². The fraction of sp³-hybridized carbons (Fsp3) is 0.286. The van der Waals surface area contributed by atoms with E-state index in [-0.39, 0.29) is 17.6 Å². The molecule has 2 aromatic rings. The summed E-state index contributed by atoms with van der Waals surface area (Å²) in [6.07, 6.45) is 1.95. The summed E-state index contributed by atoms with van der Waals surface area (Å²) in [4.78, 5) is 11.1. The zero-order valence-corrected chi connectivity index (χ0v) is 11.2. The third-order valence-electron chi connectivity index (χ3n) is 2.76. The van der Waals surface area contributed by atoms with E-state index in [0.717, 1.165) is 16.9 Å². The van der Waals surface area contributed by atoms with Crippen molar-refractivity contribution in [3.8, 4) is 5.69 Å². The van der Waals surface area contributed by atoms with Crippen LogP contribution in [0.1, 0.15) is 31.0 Å². The Morgan fingerprint density at radius 2 is 2.00 bits per heavy atom. The number of para-hydroxylation sites is 1. The molecule has 0 bridgehead atoms. The predicted molar refractivity (Wildman–Crippen MR) is 72.2 cm³/mol. The molecule has 0 radical (unpaired) electrons. The predicted octanol–water partition coefficient (Wildman–Crippen LogP) is 3.30. The third kappa shape index (κ3) is 2.62. The van der Waals surface area contributed by atoms with E-state index >= 15 is 0 Å². The summed E-state index contributed by atoms with van der Waals surface area (Å²) in [7, 11) is 0. The van der Waals surface area contributed by atoms with Gasteiger partial charge in [0.05, 0.1) is 24.0 Å². The van der Waals surface area contributed by atoms with Gasteiger partial charge in [-0.25, -0.2) is 4.68 Å². The van der Waals surface area contributed by atoms with Gasteiger partial charge in [-0.1, -0.05) is 32.0 Å². The number of halogens is 1. The number of aromatic nitrogens is 2. The molecule has 2 rings (SSSR count). The molecule has 4 heteroatoms. The highest BCUT2D eigenvalue weighted by molar-refractivity contribution is 6.63. The highest BCUT2D eigenvalue weighted by Gasteiger charge is 2.16. The molecule has 1 aromatic heterocycles. The molecular formula is C14H15ClN2O. The first kappa shape index (κ1) is 12.8. The smallest absolute Gasteiger partial charge is 0.226 e. The van der Waals surface area contributed by atoms with Crippen molar-refractivity contribution < 1.29 is 4.79 Å². The third-order valence-corrected chi connectivity index (χ3v) is 2.90. The number of benzene rings is 1.